The van der Waals surface area contributed by atoms with E-state index < -0.39 is 0 Å². The zero-order valence-electron chi connectivity index (χ0n) is 15.9. The Morgan fingerprint density at radius 1 is 1.19 bits per heavy atom. The van der Waals surface area contributed by atoms with Crippen LogP contribution in [0.25, 0.3) is 0 Å². The van der Waals surface area contributed by atoms with Crippen molar-refractivity contribution >= 4 is 5.91 Å². The lowest BCUT2D eigenvalue weighted by Gasteiger charge is -2.08. The molecule has 0 atom stereocenters. The van der Waals surface area contributed by atoms with Crippen molar-refractivity contribution in [2.24, 2.45) is 0 Å². The van der Waals surface area contributed by atoms with Crippen LogP contribution in [0, 0.1) is 0 Å². The summed E-state index contributed by atoms with van der Waals surface area (Å²) in [5, 5.41) is 7.14. The van der Waals surface area contributed by atoms with E-state index in [4.69, 9.17) is 9.15 Å². The molecule has 0 unspecified atom stereocenters. The lowest BCUT2D eigenvalue weighted by Crippen LogP contribution is -2.22. The van der Waals surface area contributed by atoms with Crippen LogP contribution in [0.1, 0.15) is 54.3 Å². The Labute approximate surface area is 159 Å². The molecule has 2 heterocycles. The third-order valence-corrected chi connectivity index (χ3v) is 4.26. The van der Waals surface area contributed by atoms with Gasteiger partial charge < -0.3 is 14.5 Å². The maximum absolute atomic E-state index is 12.2. The summed E-state index contributed by atoms with van der Waals surface area (Å²) in [6.07, 6.45) is 1.89. The molecule has 0 saturated carbocycles. The van der Waals surface area contributed by atoms with Crippen molar-refractivity contribution in [1.82, 2.24) is 15.1 Å². The van der Waals surface area contributed by atoms with Crippen molar-refractivity contribution < 1.29 is 13.9 Å². The number of rotatable bonds is 8. The van der Waals surface area contributed by atoms with Gasteiger partial charge in [-0.05, 0) is 48.7 Å². The fourth-order valence-corrected chi connectivity index (χ4v) is 2.61. The third-order valence-electron chi connectivity index (χ3n) is 4.26. The van der Waals surface area contributed by atoms with E-state index in [9.17, 15) is 4.79 Å². The molecule has 0 spiro atoms. The topological polar surface area (TPSA) is 69.3 Å². The molecule has 0 fully saturated rings. The summed E-state index contributed by atoms with van der Waals surface area (Å²) < 4.78 is 13.1. The van der Waals surface area contributed by atoms with Gasteiger partial charge in [-0.2, -0.15) is 5.10 Å². The zero-order valence-corrected chi connectivity index (χ0v) is 15.9. The Kier molecular flexibility index (Phi) is 5.96. The standard InChI is InChI=1S/C21H25N3O3/c1-4-24-12-11-17(23-24)13-22-21(25)20-10-9-19(27-20)14-26-18-7-5-16(6-8-18)15(2)3/h5-12,15H,4,13-14H2,1-3H3,(H,22,25). The fourth-order valence-electron chi connectivity index (χ4n) is 2.61. The van der Waals surface area contributed by atoms with Crippen LogP contribution < -0.4 is 10.1 Å². The van der Waals surface area contributed by atoms with Crippen LogP contribution in [0.3, 0.4) is 0 Å². The quantitative estimate of drug-likeness (QED) is 0.650. The predicted octanol–water partition coefficient (Wildman–Crippen LogP) is 4.13. The van der Waals surface area contributed by atoms with E-state index in [1.54, 1.807) is 12.1 Å². The van der Waals surface area contributed by atoms with Crippen LogP contribution >= 0.6 is 0 Å². The number of amides is 1. The van der Waals surface area contributed by atoms with Crippen LogP contribution in [0.15, 0.2) is 53.1 Å². The number of carbonyl (C=O) groups is 1. The Hall–Kier alpha value is -3.02. The summed E-state index contributed by atoms with van der Waals surface area (Å²) in [6, 6.07) is 13.3. The van der Waals surface area contributed by atoms with E-state index in [2.05, 4.69) is 36.4 Å². The number of furan rings is 1. The van der Waals surface area contributed by atoms with Crippen molar-refractivity contribution in [3.8, 4) is 5.75 Å². The summed E-state index contributed by atoms with van der Waals surface area (Å²) in [6.45, 7) is 7.76. The molecule has 1 amide bonds. The number of aryl methyl sites for hydroxylation is 1. The first-order chi connectivity index (χ1) is 13.0. The average Bonchev–Trinajstić information content (AvgIpc) is 3.34. The van der Waals surface area contributed by atoms with Crippen molar-refractivity contribution in [1.29, 1.82) is 0 Å². The molecular formula is C21H25N3O3. The molecule has 0 aliphatic rings. The van der Waals surface area contributed by atoms with Gasteiger partial charge in [0.2, 0.25) is 0 Å². The second-order valence-electron chi connectivity index (χ2n) is 6.62. The SMILES string of the molecule is CCn1ccc(CNC(=O)c2ccc(COc3ccc(C(C)C)cc3)o2)n1. The summed E-state index contributed by atoms with van der Waals surface area (Å²) in [5.74, 6) is 1.85. The number of ether oxygens (including phenoxy) is 1. The molecular weight excluding hydrogens is 342 g/mol. The molecule has 3 rings (SSSR count). The van der Waals surface area contributed by atoms with E-state index >= 15 is 0 Å². The highest BCUT2D eigenvalue weighted by atomic mass is 16.5. The van der Waals surface area contributed by atoms with E-state index in [0.717, 1.165) is 18.0 Å². The molecule has 142 valence electrons. The maximum atomic E-state index is 12.2. The third kappa shape index (κ3) is 5.00. The van der Waals surface area contributed by atoms with Crippen molar-refractivity contribution in [2.75, 3.05) is 0 Å². The normalized spacial score (nSPS) is 11.0. The largest absolute Gasteiger partial charge is 0.486 e. The van der Waals surface area contributed by atoms with Crippen LogP contribution in [-0.4, -0.2) is 15.7 Å². The zero-order chi connectivity index (χ0) is 19.2. The number of carbonyl (C=O) groups excluding carboxylic acids is 1. The van der Waals surface area contributed by atoms with Crippen molar-refractivity contribution in [3.63, 3.8) is 0 Å². The minimum absolute atomic E-state index is 0.263. The Morgan fingerprint density at radius 3 is 2.63 bits per heavy atom. The first-order valence-electron chi connectivity index (χ1n) is 9.17. The fraction of sp³-hybridized carbons (Fsp3) is 0.333. The molecule has 6 heteroatoms. The summed E-state index contributed by atoms with van der Waals surface area (Å²) in [5.41, 5.74) is 2.08. The van der Waals surface area contributed by atoms with Gasteiger partial charge >= 0.3 is 0 Å². The van der Waals surface area contributed by atoms with Crippen LogP contribution in [0.4, 0.5) is 0 Å². The molecule has 0 radical (unpaired) electrons. The Bertz CT molecular complexity index is 878. The van der Waals surface area contributed by atoms with Crippen molar-refractivity contribution in [2.45, 2.75) is 46.4 Å². The first-order valence-corrected chi connectivity index (χ1v) is 9.17. The van der Waals surface area contributed by atoms with Gasteiger partial charge in [-0.15, -0.1) is 0 Å². The van der Waals surface area contributed by atoms with Crippen molar-refractivity contribution in [3.05, 3.63) is 71.4 Å². The minimum Gasteiger partial charge on any atom is -0.486 e. The van der Waals surface area contributed by atoms with Gasteiger partial charge in [0, 0.05) is 12.7 Å². The maximum Gasteiger partial charge on any atom is 0.287 e. The van der Waals surface area contributed by atoms with Gasteiger partial charge in [-0.1, -0.05) is 26.0 Å². The number of hydrogen-bond donors (Lipinski definition) is 1. The second kappa shape index (κ2) is 8.58. The average molecular weight is 367 g/mol. The lowest BCUT2D eigenvalue weighted by molar-refractivity contribution is 0.0918. The van der Waals surface area contributed by atoms with Crippen LogP contribution in [0.5, 0.6) is 5.75 Å². The van der Waals surface area contributed by atoms with E-state index in [1.165, 1.54) is 5.56 Å². The van der Waals surface area contributed by atoms with Gasteiger partial charge in [0.15, 0.2) is 5.76 Å². The van der Waals surface area contributed by atoms with E-state index in [-0.39, 0.29) is 18.3 Å². The summed E-state index contributed by atoms with van der Waals surface area (Å²) in [4.78, 5) is 12.2. The minimum atomic E-state index is -0.270. The number of nitrogens with zero attached hydrogens (tertiary/aromatic N) is 2. The van der Waals surface area contributed by atoms with Gasteiger partial charge in [0.05, 0.1) is 12.2 Å². The highest BCUT2D eigenvalue weighted by Crippen LogP contribution is 2.20. The molecule has 1 N–H and O–H groups in total. The monoisotopic (exact) mass is 367 g/mol. The van der Waals surface area contributed by atoms with E-state index in [0.29, 0.717) is 18.2 Å². The molecule has 0 saturated heterocycles. The second-order valence-corrected chi connectivity index (χ2v) is 6.62. The molecule has 0 aliphatic carbocycles. The smallest absolute Gasteiger partial charge is 0.287 e. The number of nitrogens with one attached hydrogen (secondary N) is 1. The molecule has 0 bridgehead atoms. The Balaban J connectivity index is 1.50. The van der Waals surface area contributed by atoms with Crippen LogP contribution in [-0.2, 0) is 19.7 Å². The molecule has 3 aromatic rings. The van der Waals surface area contributed by atoms with Gasteiger partial charge in [0.25, 0.3) is 5.91 Å². The summed E-state index contributed by atoms with van der Waals surface area (Å²) >= 11 is 0. The van der Waals surface area contributed by atoms with Gasteiger partial charge in [-0.3, -0.25) is 9.48 Å². The number of benzene rings is 1. The molecule has 1 aromatic carbocycles. The number of aromatic nitrogens is 2. The lowest BCUT2D eigenvalue weighted by atomic mass is 10.0. The molecule has 2 aromatic heterocycles. The highest BCUT2D eigenvalue weighted by Gasteiger charge is 2.12. The summed E-state index contributed by atoms with van der Waals surface area (Å²) in [7, 11) is 0. The van der Waals surface area contributed by atoms with Gasteiger partial charge in [0.1, 0.15) is 18.1 Å². The highest BCUT2D eigenvalue weighted by molar-refractivity contribution is 5.91. The van der Waals surface area contributed by atoms with E-state index in [1.807, 2.05) is 36.0 Å². The number of hydrogen-bond acceptors (Lipinski definition) is 4. The first kappa shape index (κ1) is 18.8. The van der Waals surface area contributed by atoms with Gasteiger partial charge in [-0.25, -0.2) is 0 Å². The molecule has 6 nitrogen and oxygen atoms in total. The van der Waals surface area contributed by atoms with Crippen LogP contribution in [0.2, 0.25) is 0 Å². The predicted molar refractivity (Wildman–Crippen MR) is 103 cm³/mol. The Morgan fingerprint density at radius 2 is 1.96 bits per heavy atom. The molecule has 0 aliphatic heterocycles. The molecule has 27 heavy (non-hydrogen) atoms.